The number of nitrogens with zero attached hydrogens (tertiary/aromatic N) is 4. The predicted molar refractivity (Wildman–Crippen MR) is 100 cm³/mol. The Morgan fingerprint density at radius 3 is 2.96 bits per heavy atom. The lowest BCUT2D eigenvalue weighted by Gasteiger charge is -2.07. The molecule has 0 spiro atoms. The van der Waals surface area contributed by atoms with Crippen molar-refractivity contribution in [2.75, 3.05) is 13.3 Å². The van der Waals surface area contributed by atoms with Crippen LogP contribution in [0.25, 0.3) is 11.9 Å². The number of fused-ring (bicyclic) bond motifs is 1. The number of carbonyl (C=O) groups excluding carboxylic acids is 1. The summed E-state index contributed by atoms with van der Waals surface area (Å²) >= 11 is 0. The molecule has 1 amide bonds. The number of amides is 1. The number of nitrogens with one attached hydrogen (secondary N) is 1. The van der Waals surface area contributed by atoms with Gasteiger partial charge < -0.3 is 14.8 Å². The number of rotatable bonds is 6. The SMILES string of the molecule is O=C(C=Cc1ccc2c(c1)OCO2)NCCn1nc(-n2ccnc2)ccc1=O. The van der Waals surface area contributed by atoms with Gasteiger partial charge in [-0.05, 0) is 29.8 Å². The molecule has 3 aromatic rings. The molecule has 4 rings (SSSR count). The number of benzene rings is 1. The molecule has 1 aromatic carbocycles. The number of carbonyl (C=O) groups is 1. The van der Waals surface area contributed by atoms with Crippen LogP contribution in [0.5, 0.6) is 11.5 Å². The van der Waals surface area contributed by atoms with E-state index in [1.54, 1.807) is 47.6 Å². The molecule has 0 saturated carbocycles. The number of hydrogen-bond acceptors (Lipinski definition) is 6. The molecule has 0 unspecified atom stereocenters. The molecule has 1 aliphatic rings. The van der Waals surface area contributed by atoms with Crippen LogP contribution in [0.3, 0.4) is 0 Å². The summed E-state index contributed by atoms with van der Waals surface area (Å²) < 4.78 is 13.6. The second-order valence-electron chi connectivity index (χ2n) is 5.96. The maximum atomic E-state index is 12.0. The zero-order valence-corrected chi connectivity index (χ0v) is 14.8. The van der Waals surface area contributed by atoms with Gasteiger partial charge in [-0.15, -0.1) is 0 Å². The fraction of sp³-hybridized carbons (Fsp3) is 0.158. The molecule has 3 heterocycles. The monoisotopic (exact) mass is 379 g/mol. The van der Waals surface area contributed by atoms with Gasteiger partial charge in [0.1, 0.15) is 6.33 Å². The molecule has 0 radical (unpaired) electrons. The number of imidazole rings is 1. The maximum absolute atomic E-state index is 12.0. The van der Waals surface area contributed by atoms with Crippen molar-refractivity contribution in [2.45, 2.75) is 6.54 Å². The molecule has 0 bridgehead atoms. The molecule has 2 aromatic heterocycles. The lowest BCUT2D eigenvalue weighted by atomic mass is 10.2. The van der Waals surface area contributed by atoms with Crippen LogP contribution < -0.4 is 20.3 Å². The van der Waals surface area contributed by atoms with Crippen LogP contribution in [0.4, 0.5) is 0 Å². The molecule has 9 heteroatoms. The van der Waals surface area contributed by atoms with Gasteiger partial charge in [0.05, 0.1) is 6.54 Å². The van der Waals surface area contributed by atoms with Crippen molar-refractivity contribution < 1.29 is 14.3 Å². The van der Waals surface area contributed by atoms with Gasteiger partial charge in [-0.3, -0.25) is 14.2 Å². The molecule has 0 aliphatic carbocycles. The van der Waals surface area contributed by atoms with Crippen molar-refractivity contribution in [1.29, 1.82) is 0 Å². The Kier molecular flexibility index (Phi) is 4.87. The van der Waals surface area contributed by atoms with Gasteiger partial charge in [0.2, 0.25) is 12.7 Å². The molecule has 28 heavy (non-hydrogen) atoms. The molecule has 1 N–H and O–H groups in total. The lowest BCUT2D eigenvalue weighted by molar-refractivity contribution is -0.116. The first-order chi connectivity index (χ1) is 13.7. The zero-order chi connectivity index (χ0) is 19.3. The van der Waals surface area contributed by atoms with E-state index in [1.807, 2.05) is 6.07 Å². The summed E-state index contributed by atoms with van der Waals surface area (Å²) in [7, 11) is 0. The van der Waals surface area contributed by atoms with Gasteiger partial charge in [-0.1, -0.05) is 6.07 Å². The molecule has 0 fully saturated rings. The van der Waals surface area contributed by atoms with E-state index < -0.39 is 0 Å². The second kappa shape index (κ2) is 7.78. The third-order valence-electron chi connectivity index (χ3n) is 4.07. The van der Waals surface area contributed by atoms with Crippen LogP contribution in [-0.4, -0.2) is 38.6 Å². The second-order valence-corrected chi connectivity index (χ2v) is 5.96. The van der Waals surface area contributed by atoms with Crippen LogP contribution >= 0.6 is 0 Å². The Bertz CT molecular complexity index is 1070. The van der Waals surface area contributed by atoms with Crippen molar-refractivity contribution in [3.63, 3.8) is 0 Å². The molecule has 1 aliphatic heterocycles. The average molecular weight is 379 g/mol. The van der Waals surface area contributed by atoms with E-state index in [4.69, 9.17) is 9.47 Å². The first-order valence-electron chi connectivity index (χ1n) is 8.61. The number of aromatic nitrogens is 4. The summed E-state index contributed by atoms with van der Waals surface area (Å²) in [6.45, 7) is 0.730. The predicted octanol–water partition coefficient (Wildman–Crippen LogP) is 0.987. The van der Waals surface area contributed by atoms with Crippen LogP contribution in [0, 0.1) is 0 Å². The number of hydrogen-bond donors (Lipinski definition) is 1. The average Bonchev–Trinajstić information content (AvgIpc) is 3.39. The standard InChI is InChI=1S/C19H17N5O4/c25-18(5-2-14-1-3-15-16(11-14)28-13-27-15)21-8-10-24-19(26)6-4-17(22-24)23-9-7-20-12-23/h1-7,9,11-12H,8,10,13H2,(H,21,25). The quantitative estimate of drug-likeness (QED) is 0.641. The van der Waals surface area contributed by atoms with E-state index >= 15 is 0 Å². The van der Waals surface area contributed by atoms with Crippen LogP contribution in [0.2, 0.25) is 0 Å². The summed E-state index contributed by atoms with van der Waals surface area (Å²) in [6, 6.07) is 8.49. The van der Waals surface area contributed by atoms with E-state index in [-0.39, 0.29) is 31.3 Å². The summed E-state index contributed by atoms with van der Waals surface area (Å²) in [5.41, 5.74) is 0.583. The molecule has 0 atom stereocenters. The van der Waals surface area contributed by atoms with E-state index in [2.05, 4.69) is 15.4 Å². The fourth-order valence-corrected chi connectivity index (χ4v) is 2.66. The van der Waals surface area contributed by atoms with Crippen LogP contribution in [-0.2, 0) is 11.3 Å². The van der Waals surface area contributed by atoms with Gasteiger partial charge in [0.25, 0.3) is 5.56 Å². The topological polar surface area (TPSA) is 100 Å². The van der Waals surface area contributed by atoms with Gasteiger partial charge in [0.15, 0.2) is 17.3 Å². The first-order valence-corrected chi connectivity index (χ1v) is 8.61. The smallest absolute Gasteiger partial charge is 0.266 e. The van der Waals surface area contributed by atoms with Gasteiger partial charge in [-0.25, -0.2) is 9.67 Å². The Balaban J connectivity index is 1.33. The highest BCUT2D eigenvalue weighted by atomic mass is 16.7. The number of ether oxygens (including phenoxy) is 2. The van der Waals surface area contributed by atoms with Crippen molar-refractivity contribution in [3.05, 3.63) is 71.0 Å². The van der Waals surface area contributed by atoms with E-state index in [0.717, 1.165) is 5.56 Å². The van der Waals surface area contributed by atoms with E-state index in [0.29, 0.717) is 17.3 Å². The third kappa shape index (κ3) is 3.93. The Hall–Kier alpha value is -3.88. The van der Waals surface area contributed by atoms with E-state index in [1.165, 1.54) is 16.8 Å². The summed E-state index contributed by atoms with van der Waals surface area (Å²) in [4.78, 5) is 27.9. The molecule has 142 valence electrons. The summed E-state index contributed by atoms with van der Waals surface area (Å²) in [6.07, 6.45) is 8.07. The normalized spacial score (nSPS) is 12.4. The summed E-state index contributed by atoms with van der Waals surface area (Å²) in [5, 5.41) is 7.01. The Labute approximate surface area is 159 Å². The fourth-order valence-electron chi connectivity index (χ4n) is 2.66. The maximum Gasteiger partial charge on any atom is 0.266 e. The summed E-state index contributed by atoms with van der Waals surface area (Å²) in [5.74, 6) is 1.66. The minimum absolute atomic E-state index is 0.207. The van der Waals surface area contributed by atoms with Crippen molar-refractivity contribution >= 4 is 12.0 Å². The Morgan fingerprint density at radius 1 is 1.21 bits per heavy atom. The molecular weight excluding hydrogens is 362 g/mol. The molecule has 9 nitrogen and oxygen atoms in total. The van der Waals surface area contributed by atoms with Gasteiger partial charge >= 0.3 is 0 Å². The minimum Gasteiger partial charge on any atom is -0.454 e. The highest BCUT2D eigenvalue weighted by Crippen LogP contribution is 2.32. The largest absolute Gasteiger partial charge is 0.454 e. The third-order valence-corrected chi connectivity index (χ3v) is 4.07. The highest BCUT2D eigenvalue weighted by Gasteiger charge is 2.12. The van der Waals surface area contributed by atoms with Crippen LogP contribution in [0.15, 0.2) is 59.9 Å². The Morgan fingerprint density at radius 2 is 2.11 bits per heavy atom. The lowest BCUT2D eigenvalue weighted by Crippen LogP contribution is -2.31. The van der Waals surface area contributed by atoms with Crippen molar-refractivity contribution in [3.8, 4) is 17.3 Å². The molecule has 0 saturated heterocycles. The van der Waals surface area contributed by atoms with Gasteiger partial charge in [-0.2, -0.15) is 5.10 Å². The van der Waals surface area contributed by atoms with Gasteiger partial charge in [0, 0.05) is 31.1 Å². The van der Waals surface area contributed by atoms with Crippen LogP contribution in [0.1, 0.15) is 5.56 Å². The molecular formula is C19H17N5O4. The zero-order valence-electron chi connectivity index (χ0n) is 14.8. The van der Waals surface area contributed by atoms with Crippen molar-refractivity contribution in [2.24, 2.45) is 0 Å². The van der Waals surface area contributed by atoms with Crippen molar-refractivity contribution in [1.82, 2.24) is 24.6 Å². The highest BCUT2D eigenvalue weighted by molar-refractivity contribution is 5.91. The minimum atomic E-state index is -0.267. The first kappa shape index (κ1) is 17.5. The van der Waals surface area contributed by atoms with E-state index in [9.17, 15) is 9.59 Å².